The van der Waals surface area contributed by atoms with Crippen molar-refractivity contribution in [3.05, 3.63) is 28.8 Å². The minimum Gasteiger partial charge on any atom is -0.496 e. The smallest absolute Gasteiger partial charge is 0.327 e. The Morgan fingerprint density at radius 3 is 2.00 bits per heavy atom. The van der Waals surface area contributed by atoms with Crippen molar-refractivity contribution in [2.75, 3.05) is 28.3 Å². The lowest BCUT2D eigenvalue weighted by atomic mass is 9.99. The summed E-state index contributed by atoms with van der Waals surface area (Å²) in [5.41, 5.74) is 2.95. The van der Waals surface area contributed by atoms with Crippen molar-refractivity contribution in [3.63, 3.8) is 0 Å². The Morgan fingerprint density at radius 1 is 1.17 bits per heavy atom. The maximum Gasteiger partial charge on any atom is 0.327 e. The highest BCUT2D eigenvalue weighted by Gasteiger charge is 2.24. The molecule has 1 atom stereocenters. The van der Waals surface area contributed by atoms with Crippen molar-refractivity contribution < 1.29 is 14.3 Å². The molecule has 0 N–H and O–H groups in total. The summed E-state index contributed by atoms with van der Waals surface area (Å²) in [5, 5.41) is 0. The van der Waals surface area contributed by atoms with Crippen LogP contribution in [0.2, 0.25) is 0 Å². The Labute approximate surface area is 108 Å². The normalized spacial score (nSPS) is 12.4. The predicted octanol–water partition coefficient (Wildman–Crippen LogP) is 2.09. The fourth-order valence-electron chi connectivity index (χ4n) is 2.22. The summed E-state index contributed by atoms with van der Waals surface area (Å²) < 4.78 is 10.2. The zero-order valence-electron chi connectivity index (χ0n) is 11.9. The van der Waals surface area contributed by atoms with E-state index < -0.39 is 6.04 Å². The van der Waals surface area contributed by atoms with Crippen LogP contribution < -0.4 is 4.74 Å². The summed E-state index contributed by atoms with van der Waals surface area (Å²) in [5.74, 6) is 0.602. The van der Waals surface area contributed by atoms with Gasteiger partial charge in [-0.3, -0.25) is 4.90 Å². The van der Waals surface area contributed by atoms with Gasteiger partial charge in [0.1, 0.15) is 11.8 Å². The van der Waals surface area contributed by atoms with Gasteiger partial charge in [-0.25, -0.2) is 4.79 Å². The second kappa shape index (κ2) is 5.87. The predicted molar refractivity (Wildman–Crippen MR) is 70.9 cm³/mol. The molecule has 0 radical (unpaired) electrons. The Bertz CT molecular complexity index is 418. The zero-order chi connectivity index (χ0) is 13.9. The highest BCUT2D eigenvalue weighted by Crippen LogP contribution is 2.29. The molecule has 100 valence electrons. The van der Waals surface area contributed by atoms with Gasteiger partial charge in [0.15, 0.2) is 0 Å². The average Bonchev–Trinajstić information content (AvgIpc) is 2.28. The molecule has 0 bridgehead atoms. The number of carbonyl (C=O) groups is 1. The maximum atomic E-state index is 11.8. The van der Waals surface area contributed by atoms with E-state index in [4.69, 9.17) is 9.47 Å². The average molecular weight is 251 g/mol. The molecule has 0 amide bonds. The molecule has 0 aliphatic rings. The lowest BCUT2D eigenvalue weighted by molar-refractivity contribution is -0.146. The van der Waals surface area contributed by atoms with Crippen LogP contribution in [0.5, 0.6) is 5.75 Å². The van der Waals surface area contributed by atoms with E-state index in [0.717, 1.165) is 22.4 Å². The topological polar surface area (TPSA) is 38.8 Å². The first-order valence-corrected chi connectivity index (χ1v) is 5.81. The van der Waals surface area contributed by atoms with Crippen molar-refractivity contribution in [2.24, 2.45) is 0 Å². The Morgan fingerprint density at radius 2 is 1.67 bits per heavy atom. The van der Waals surface area contributed by atoms with Gasteiger partial charge in [0.2, 0.25) is 0 Å². The van der Waals surface area contributed by atoms with Crippen LogP contribution in [0, 0.1) is 13.8 Å². The molecule has 0 aromatic heterocycles. The quantitative estimate of drug-likeness (QED) is 0.768. The van der Waals surface area contributed by atoms with E-state index in [1.54, 1.807) is 7.11 Å². The summed E-state index contributed by atoms with van der Waals surface area (Å²) in [6.45, 7) is 3.94. The van der Waals surface area contributed by atoms with Crippen molar-refractivity contribution >= 4 is 5.97 Å². The number of likely N-dealkylation sites (N-methyl/N-ethyl adjacent to an activating group) is 1. The van der Waals surface area contributed by atoms with E-state index in [1.807, 2.05) is 45.0 Å². The highest BCUT2D eigenvalue weighted by molar-refractivity contribution is 5.77. The molecule has 0 saturated heterocycles. The second-order valence-electron chi connectivity index (χ2n) is 4.58. The summed E-state index contributed by atoms with van der Waals surface area (Å²) >= 11 is 0. The molecule has 0 fully saturated rings. The highest BCUT2D eigenvalue weighted by atomic mass is 16.5. The molecular formula is C14H21NO3. The van der Waals surface area contributed by atoms with Crippen LogP contribution in [0.15, 0.2) is 12.1 Å². The van der Waals surface area contributed by atoms with E-state index in [0.29, 0.717) is 0 Å². The number of aryl methyl sites for hydroxylation is 2. The van der Waals surface area contributed by atoms with Gasteiger partial charge in [0.25, 0.3) is 0 Å². The SMILES string of the molecule is COC(=O)C(c1cc(C)c(OC)c(C)c1)N(C)C. The van der Waals surface area contributed by atoms with Crippen molar-refractivity contribution in [1.29, 1.82) is 0 Å². The molecule has 0 aliphatic carbocycles. The number of nitrogens with zero attached hydrogens (tertiary/aromatic N) is 1. The van der Waals surface area contributed by atoms with Crippen LogP contribution >= 0.6 is 0 Å². The number of hydrogen-bond donors (Lipinski definition) is 0. The van der Waals surface area contributed by atoms with Crippen LogP contribution in [0.1, 0.15) is 22.7 Å². The molecule has 0 spiro atoms. The summed E-state index contributed by atoms with van der Waals surface area (Å²) in [6.07, 6.45) is 0. The first-order chi connectivity index (χ1) is 8.42. The molecule has 4 nitrogen and oxygen atoms in total. The van der Waals surface area contributed by atoms with E-state index in [9.17, 15) is 4.79 Å². The van der Waals surface area contributed by atoms with Gasteiger partial charge in [0, 0.05) is 0 Å². The van der Waals surface area contributed by atoms with Gasteiger partial charge in [-0.2, -0.15) is 0 Å². The van der Waals surface area contributed by atoms with E-state index in [2.05, 4.69) is 0 Å². The van der Waals surface area contributed by atoms with Crippen LogP contribution in [-0.2, 0) is 9.53 Å². The van der Waals surface area contributed by atoms with Gasteiger partial charge < -0.3 is 9.47 Å². The second-order valence-corrected chi connectivity index (χ2v) is 4.58. The fourth-order valence-corrected chi connectivity index (χ4v) is 2.22. The molecule has 1 aromatic carbocycles. The van der Waals surface area contributed by atoms with E-state index in [-0.39, 0.29) is 5.97 Å². The standard InChI is InChI=1S/C14H21NO3/c1-9-7-11(8-10(2)13(9)17-5)12(15(3)4)14(16)18-6/h7-8,12H,1-6H3. The number of methoxy groups -OCH3 is 2. The summed E-state index contributed by atoms with van der Waals surface area (Å²) in [4.78, 5) is 13.7. The first kappa shape index (κ1) is 14.5. The van der Waals surface area contributed by atoms with Crippen LogP contribution in [0.25, 0.3) is 0 Å². The lowest BCUT2D eigenvalue weighted by Gasteiger charge is -2.23. The number of benzene rings is 1. The number of hydrogen-bond acceptors (Lipinski definition) is 4. The molecule has 1 unspecified atom stereocenters. The molecule has 0 aliphatic heterocycles. The van der Waals surface area contributed by atoms with Crippen molar-refractivity contribution in [2.45, 2.75) is 19.9 Å². The largest absolute Gasteiger partial charge is 0.496 e. The monoisotopic (exact) mass is 251 g/mol. The number of carbonyl (C=O) groups excluding carboxylic acids is 1. The maximum absolute atomic E-state index is 11.8. The van der Waals surface area contributed by atoms with Gasteiger partial charge in [0.05, 0.1) is 14.2 Å². The molecule has 18 heavy (non-hydrogen) atoms. The molecule has 1 aromatic rings. The third kappa shape index (κ3) is 2.82. The third-order valence-electron chi connectivity index (χ3n) is 2.94. The van der Waals surface area contributed by atoms with Gasteiger partial charge >= 0.3 is 5.97 Å². The Balaban J connectivity index is 3.26. The number of esters is 1. The van der Waals surface area contributed by atoms with E-state index in [1.165, 1.54) is 7.11 Å². The summed E-state index contributed by atoms with van der Waals surface area (Å²) in [6, 6.07) is 3.54. The molecule has 0 heterocycles. The lowest BCUT2D eigenvalue weighted by Crippen LogP contribution is -2.28. The third-order valence-corrected chi connectivity index (χ3v) is 2.94. The molecule has 1 rings (SSSR count). The Hall–Kier alpha value is -1.55. The van der Waals surface area contributed by atoms with Crippen LogP contribution in [-0.4, -0.2) is 39.2 Å². The van der Waals surface area contributed by atoms with Crippen molar-refractivity contribution in [3.8, 4) is 5.75 Å². The number of ether oxygens (including phenoxy) is 2. The summed E-state index contributed by atoms with van der Waals surface area (Å²) in [7, 11) is 6.77. The molecule has 0 saturated carbocycles. The fraction of sp³-hybridized carbons (Fsp3) is 0.500. The first-order valence-electron chi connectivity index (χ1n) is 5.81. The Kier molecular flexibility index (Phi) is 4.73. The van der Waals surface area contributed by atoms with E-state index >= 15 is 0 Å². The zero-order valence-corrected chi connectivity index (χ0v) is 11.9. The minimum atomic E-state index is -0.390. The van der Waals surface area contributed by atoms with Crippen LogP contribution in [0.3, 0.4) is 0 Å². The number of rotatable bonds is 4. The minimum absolute atomic E-state index is 0.260. The molecular weight excluding hydrogens is 230 g/mol. The van der Waals surface area contributed by atoms with Crippen LogP contribution in [0.4, 0.5) is 0 Å². The van der Waals surface area contributed by atoms with Crippen molar-refractivity contribution in [1.82, 2.24) is 4.90 Å². The molecule has 4 heteroatoms. The van der Waals surface area contributed by atoms with Gasteiger partial charge in [-0.15, -0.1) is 0 Å². The van der Waals surface area contributed by atoms with Gasteiger partial charge in [-0.05, 0) is 44.6 Å². The van der Waals surface area contributed by atoms with Gasteiger partial charge in [-0.1, -0.05) is 12.1 Å².